The van der Waals surface area contributed by atoms with Crippen LogP contribution < -0.4 is 15.2 Å². The molecule has 0 atom stereocenters. The molecule has 6 nitrogen and oxygen atoms in total. The lowest BCUT2D eigenvalue weighted by Crippen LogP contribution is -2.18. The molecule has 126 valence electrons. The predicted octanol–water partition coefficient (Wildman–Crippen LogP) is 2.58. The number of aromatic nitrogens is 1. The molecule has 2 N–H and O–H groups in total. The van der Waals surface area contributed by atoms with E-state index in [2.05, 4.69) is 9.88 Å². The fourth-order valence-electron chi connectivity index (χ4n) is 2.86. The molecule has 0 spiro atoms. The van der Waals surface area contributed by atoms with Gasteiger partial charge >= 0.3 is 0 Å². The highest BCUT2D eigenvalue weighted by Crippen LogP contribution is 2.33. The lowest BCUT2D eigenvalue weighted by Gasteiger charge is -2.17. The average molecular weight is 327 g/mol. The molecule has 1 fully saturated rings. The zero-order chi connectivity index (χ0) is 16.9. The van der Waals surface area contributed by atoms with Gasteiger partial charge in [0.1, 0.15) is 5.56 Å². The molecule has 1 aliphatic rings. The molecule has 2 aromatic rings. The minimum atomic E-state index is -0.578. The van der Waals surface area contributed by atoms with E-state index in [1.807, 2.05) is 18.2 Å². The van der Waals surface area contributed by atoms with Crippen LogP contribution in [0.2, 0.25) is 0 Å². The summed E-state index contributed by atoms with van der Waals surface area (Å²) in [6, 6.07) is 9.06. The molecule has 2 heterocycles. The smallest absolute Gasteiger partial charge is 0.254 e. The van der Waals surface area contributed by atoms with Gasteiger partial charge in [-0.15, -0.1) is 0 Å². The van der Waals surface area contributed by atoms with Gasteiger partial charge in [-0.2, -0.15) is 0 Å². The van der Waals surface area contributed by atoms with E-state index < -0.39 is 5.91 Å². The third-order valence-electron chi connectivity index (χ3n) is 4.08. The van der Waals surface area contributed by atoms with Crippen molar-refractivity contribution in [3.05, 3.63) is 47.7 Å². The topological polar surface area (TPSA) is 77.7 Å². The number of likely N-dealkylation sites (tertiary alicyclic amines) is 1. The number of hydrogen-bond acceptors (Lipinski definition) is 5. The molecular formula is C18H21N3O3. The number of hydrogen-bond donors (Lipinski definition) is 1. The van der Waals surface area contributed by atoms with Crippen molar-refractivity contribution in [1.29, 1.82) is 0 Å². The Morgan fingerprint density at radius 2 is 2.04 bits per heavy atom. The van der Waals surface area contributed by atoms with Gasteiger partial charge < -0.3 is 15.2 Å². The van der Waals surface area contributed by atoms with Crippen molar-refractivity contribution in [3.8, 4) is 17.4 Å². The maximum atomic E-state index is 11.5. The molecule has 1 aliphatic heterocycles. The van der Waals surface area contributed by atoms with Crippen LogP contribution >= 0.6 is 0 Å². The highest BCUT2D eigenvalue weighted by molar-refractivity contribution is 5.95. The second-order valence-corrected chi connectivity index (χ2v) is 5.79. The highest BCUT2D eigenvalue weighted by atomic mass is 16.5. The lowest BCUT2D eigenvalue weighted by atomic mass is 10.2. The molecule has 0 aliphatic carbocycles. The van der Waals surface area contributed by atoms with Crippen LogP contribution in [0.1, 0.15) is 28.8 Å². The number of primary amides is 1. The van der Waals surface area contributed by atoms with Gasteiger partial charge in [0.25, 0.3) is 5.91 Å². The molecular weight excluding hydrogens is 306 g/mol. The number of amides is 1. The van der Waals surface area contributed by atoms with Crippen LogP contribution in [0.5, 0.6) is 17.4 Å². The zero-order valence-electron chi connectivity index (χ0n) is 13.7. The summed E-state index contributed by atoms with van der Waals surface area (Å²) >= 11 is 0. The van der Waals surface area contributed by atoms with E-state index in [9.17, 15) is 4.79 Å². The number of pyridine rings is 1. The van der Waals surface area contributed by atoms with E-state index in [0.29, 0.717) is 11.5 Å². The van der Waals surface area contributed by atoms with Crippen molar-refractivity contribution in [2.75, 3.05) is 20.2 Å². The number of methoxy groups -OCH3 is 1. The van der Waals surface area contributed by atoms with Gasteiger partial charge in [0.05, 0.1) is 7.11 Å². The third kappa shape index (κ3) is 3.65. The number of ether oxygens (including phenoxy) is 2. The number of nitrogens with two attached hydrogens (primary N) is 1. The third-order valence-corrected chi connectivity index (χ3v) is 4.08. The molecule has 0 radical (unpaired) electrons. The predicted molar refractivity (Wildman–Crippen MR) is 90.3 cm³/mol. The van der Waals surface area contributed by atoms with Gasteiger partial charge in [-0.25, -0.2) is 4.98 Å². The SMILES string of the molecule is COc1ccc(CN2CCCC2)cc1Oc1ncccc1C(N)=O. The van der Waals surface area contributed by atoms with Crippen molar-refractivity contribution in [2.45, 2.75) is 19.4 Å². The summed E-state index contributed by atoms with van der Waals surface area (Å²) in [6.45, 7) is 3.10. The molecule has 3 rings (SSSR count). The summed E-state index contributed by atoms with van der Waals surface area (Å²) < 4.78 is 11.2. The normalized spacial score (nSPS) is 14.5. The number of benzene rings is 1. The van der Waals surface area contributed by atoms with Crippen LogP contribution in [-0.4, -0.2) is 36.0 Å². The molecule has 1 saturated heterocycles. The van der Waals surface area contributed by atoms with Crippen molar-refractivity contribution < 1.29 is 14.3 Å². The molecule has 1 aromatic carbocycles. The lowest BCUT2D eigenvalue weighted by molar-refractivity contribution is 0.0997. The minimum absolute atomic E-state index is 0.182. The van der Waals surface area contributed by atoms with Gasteiger partial charge in [-0.1, -0.05) is 6.07 Å². The molecule has 0 saturated carbocycles. The Morgan fingerprint density at radius 1 is 1.25 bits per heavy atom. The summed E-state index contributed by atoms with van der Waals surface area (Å²) in [5.74, 6) is 0.712. The second kappa shape index (κ2) is 7.31. The van der Waals surface area contributed by atoms with Crippen LogP contribution in [0.4, 0.5) is 0 Å². The van der Waals surface area contributed by atoms with Crippen LogP contribution in [0.3, 0.4) is 0 Å². The maximum absolute atomic E-state index is 11.5. The van der Waals surface area contributed by atoms with E-state index in [1.165, 1.54) is 12.8 Å². The van der Waals surface area contributed by atoms with Gasteiger partial charge in [0.2, 0.25) is 5.88 Å². The molecule has 1 amide bonds. The quantitative estimate of drug-likeness (QED) is 0.882. The summed E-state index contributed by atoms with van der Waals surface area (Å²) in [6.07, 6.45) is 4.05. The van der Waals surface area contributed by atoms with Gasteiger partial charge in [0, 0.05) is 12.7 Å². The zero-order valence-corrected chi connectivity index (χ0v) is 13.7. The molecule has 0 bridgehead atoms. The Hall–Kier alpha value is -2.60. The highest BCUT2D eigenvalue weighted by Gasteiger charge is 2.16. The molecule has 1 aromatic heterocycles. The van der Waals surface area contributed by atoms with E-state index in [4.69, 9.17) is 15.2 Å². The largest absolute Gasteiger partial charge is 0.493 e. The number of carbonyl (C=O) groups is 1. The standard InChI is InChI=1S/C18H21N3O3/c1-23-15-7-6-13(12-21-9-2-3-10-21)11-16(15)24-18-14(17(19)22)5-4-8-20-18/h4-8,11H,2-3,9-10,12H2,1H3,(H2,19,22). The Kier molecular flexibility index (Phi) is 4.96. The minimum Gasteiger partial charge on any atom is -0.493 e. The second-order valence-electron chi connectivity index (χ2n) is 5.79. The van der Waals surface area contributed by atoms with Crippen LogP contribution in [0, 0.1) is 0 Å². The first-order valence-corrected chi connectivity index (χ1v) is 7.99. The fourth-order valence-corrected chi connectivity index (χ4v) is 2.86. The molecule has 6 heteroatoms. The Bertz CT molecular complexity index is 727. The first kappa shape index (κ1) is 16.3. The van der Waals surface area contributed by atoms with Gasteiger partial charge in [-0.3, -0.25) is 9.69 Å². The van der Waals surface area contributed by atoms with Crippen LogP contribution in [0.25, 0.3) is 0 Å². The monoisotopic (exact) mass is 327 g/mol. The van der Waals surface area contributed by atoms with E-state index in [1.54, 1.807) is 25.4 Å². The van der Waals surface area contributed by atoms with E-state index in [0.717, 1.165) is 25.2 Å². The van der Waals surface area contributed by atoms with Gasteiger partial charge in [0.15, 0.2) is 11.5 Å². The maximum Gasteiger partial charge on any atom is 0.254 e. The van der Waals surface area contributed by atoms with Crippen molar-refractivity contribution in [2.24, 2.45) is 5.73 Å². The van der Waals surface area contributed by atoms with E-state index >= 15 is 0 Å². The van der Waals surface area contributed by atoms with Crippen LogP contribution in [0.15, 0.2) is 36.5 Å². The van der Waals surface area contributed by atoms with Gasteiger partial charge in [-0.05, 0) is 55.8 Å². The number of nitrogens with zero attached hydrogens (tertiary/aromatic N) is 2. The summed E-state index contributed by atoms with van der Waals surface area (Å²) in [5.41, 5.74) is 6.75. The van der Waals surface area contributed by atoms with Crippen molar-refractivity contribution in [1.82, 2.24) is 9.88 Å². The summed E-state index contributed by atoms with van der Waals surface area (Å²) in [5, 5.41) is 0. The Morgan fingerprint density at radius 3 is 2.75 bits per heavy atom. The summed E-state index contributed by atoms with van der Waals surface area (Å²) in [7, 11) is 1.58. The fraction of sp³-hybridized carbons (Fsp3) is 0.333. The Balaban J connectivity index is 1.87. The number of rotatable bonds is 6. The molecule has 24 heavy (non-hydrogen) atoms. The van der Waals surface area contributed by atoms with Crippen molar-refractivity contribution in [3.63, 3.8) is 0 Å². The molecule has 0 unspecified atom stereocenters. The average Bonchev–Trinajstić information content (AvgIpc) is 3.08. The number of carbonyl (C=O) groups excluding carboxylic acids is 1. The van der Waals surface area contributed by atoms with Crippen LogP contribution in [-0.2, 0) is 6.54 Å². The van der Waals surface area contributed by atoms with Crippen molar-refractivity contribution >= 4 is 5.91 Å². The Labute approximate surface area is 141 Å². The summed E-state index contributed by atoms with van der Waals surface area (Å²) in [4.78, 5) is 18.0. The first-order chi connectivity index (χ1) is 11.7. The first-order valence-electron chi connectivity index (χ1n) is 7.99. The van der Waals surface area contributed by atoms with E-state index in [-0.39, 0.29) is 11.4 Å².